The molecule has 1 aromatic heterocycles. The van der Waals surface area contributed by atoms with Crippen molar-refractivity contribution in [3.05, 3.63) is 59.4 Å². The number of aryl methyl sites for hydroxylation is 1. The Labute approximate surface area is 105 Å². The summed E-state index contributed by atoms with van der Waals surface area (Å²) >= 11 is 0. The molecule has 18 heavy (non-hydrogen) atoms. The van der Waals surface area contributed by atoms with Gasteiger partial charge in [-0.25, -0.2) is 4.98 Å². The van der Waals surface area contributed by atoms with Crippen molar-refractivity contribution < 1.29 is 9.90 Å². The number of aromatic nitrogens is 1. The third-order valence-electron chi connectivity index (χ3n) is 2.51. The Hall–Kier alpha value is -2.20. The molecule has 92 valence electrons. The zero-order chi connectivity index (χ0) is 13.0. The van der Waals surface area contributed by atoms with Crippen molar-refractivity contribution in [1.29, 1.82) is 0 Å². The van der Waals surface area contributed by atoms with Gasteiger partial charge < -0.3 is 10.4 Å². The Morgan fingerprint density at radius 2 is 1.94 bits per heavy atom. The van der Waals surface area contributed by atoms with Crippen LogP contribution in [0, 0.1) is 6.92 Å². The number of rotatable bonds is 3. The number of hydrogen-bond donors (Lipinski definition) is 2. The van der Waals surface area contributed by atoms with Crippen LogP contribution in [-0.4, -0.2) is 16.0 Å². The Morgan fingerprint density at radius 3 is 2.61 bits per heavy atom. The molecule has 0 saturated carbocycles. The number of hydrogen-bond acceptors (Lipinski definition) is 3. The molecule has 0 unspecified atom stereocenters. The van der Waals surface area contributed by atoms with E-state index in [4.69, 9.17) is 5.11 Å². The van der Waals surface area contributed by atoms with Crippen LogP contribution < -0.4 is 5.32 Å². The number of nitrogens with one attached hydrogen (secondary N) is 1. The monoisotopic (exact) mass is 242 g/mol. The van der Waals surface area contributed by atoms with Gasteiger partial charge in [0.1, 0.15) is 5.69 Å². The zero-order valence-corrected chi connectivity index (χ0v) is 10.1. The quantitative estimate of drug-likeness (QED) is 0.866. The third kappa shape index (κ3) is 2.93. The molecule has 2 N–H and O–H groups in total. The summed E-state index contributed by atoms with van der Waals surface area (Å²) in [6.45, 7) is 1.81. The van der Waals surface area contributed by atoms with E-state index in [9.17, 15) is 4.79 Å². The van der Waals surface area contributed by atoms with Crippen LogP contribution in [0.3, 0.4) is 0 Å². The van der Waals surface area contributed by atoms with Gasteiger partial charge in [-0.1, -0.05) is 23.8 Å². The summed E-state index contributed by atoms with van der Waals surface area (Å²) in [7, 11) is 0. The topological polar surface area (TPSA) is 62.2 Å². The second-order valence-corrected chi connectivity index (χ2v) is 3.99. The number of carbonyl (C=O) groups excluding carboxylic acids is 1. The van der Waals surface area contributed by atoms with Crippen molar-refractivity contribution in [2.45, 2.75) is 13.5 Å². The van der Waals surface area contributed by atoms with E-state index in [1.165, 1.54) is 0 Å². The average Bonchev–Trinajstić information content (AvgIpc) is 2.41. The van der Waals surface area contributed by atoms with Gasteiger partial charge in [-0.2, -0.15) is 0 Å². The molecule has 2 aromatic rings. The van der Waals surface area contributed by atoms with Gasteiger partial charge >= 0.3 is 0 Å². The van der Waals surface area contributed by atoms with Gasteiger partial charge in [0.2, 0.25) is 0 Å². The van der Waals surface area contributed by atoms with E-state index in [1.54, 1.807) is 18.2 Å². The van der Waals surface area contributed by atoms with Gasteiger partial charge in [0, 0.05) is 5.69 Å². The Kier molecular flexibility index (Phi) is 3.69. The summed E-state index contributed by atoms with van der Waals surface area (Å²) in [5, 5.41) is 11.7. The Bertz CT molecular complexity index is 550. The first-order valence-electron chi connectivity index (χ1n) is 5.64. The van der Waals surface area contributed by atoms with Gasteiger partial charge in [-0.15, -0.1) is 0 Å². The van der Waals surface area contributed by atoms with Crippen molar-refractivity contribution >= 4 is 11.6 Å². The van der Waals surface area contributed by atoms with Gasteiger partial charge in [0.25, 0.3) is 5.91 Å². The van der Waals surface area contributed by atoms with E-state index in [2.05, 4.69) is 10.3 Å². The number of pyridine rings is 1. The molecule has 0 saturated heterocycles. The predicted octanol–water partition coefficient (Wildman–Crippen LogP) is 2.13. The Morgan fingerprint density at radius 1 is 1.22 bits per heavy atom. The molecule has 4 nitrogen and oxygen atoms in total. The number of aliphatic hydroxyl groups is 1. The predicted molar refractivity (Wildman–Crippen MR) is 69.3 cm³/mol. The molecule has 0 aliphatic heterocycles. The SMILES string of the molecule is Cc1ccc(NC(=O)c2cccc(CO)n2)cc1. The fraction of sp³-hybridized carbons (Fsp3) is 0.143. The second kappa shape index (κ2) is 5.42. The summed E-state index contributed by atoms with van der Waals surface area (Å²) < 4.78 is 0. The molecule has 4 heteroatoms. The minimum Gasteiger partial charge on any atom is -0.390 e. The zero-order valence-electron chi connectivity index (χ0n) is 10.1. The second-order valence-electron chi connectivity index (χ2n) is 3.99. The van der Waals surface area contributed by atoms with Crippen LogP contribution in [0.2, 0.25) is 0 Å². The van der Waals surface area contributed by atoms with Crippen LogP contribution in [0.5, 0.6) is 0 Å². The molecular formula is C14H14N2O2. The van der Waals surface area contributed by atoms with Gasteiger partial charge in [-0.05, 0) is 31.2 Å². The van der Waals surface area contributed by atoms with Gasteiger partial charge in [0.05, 0.1) is 12.3 Å². The molecule has 1 aromatic carbocycles. The first-order valence-corrected chi connectivity index (χ1v) is 5.64. The average molecular weight is 242 g/mol. The number of aliphatic hydroxyl groups excluding tert-OH is 1. The van der Waals surface area contributed by atoms with E-state index < -0.39 is 0 Å². The molecular weight excluding hydrogens is 228 g/mol. The van der Waals surface area contributed by atoms with Crippen LogP contribution in [0.25, 0.3) is 0 Å². The largest absolute Gasteiger partial charge is 0.390 e. The van der Waals surface area contributed by atoms with Crippen LogP contribution in [0.4, 0.5) is 5.69 Å². The van der Waals surface area contributed by atoms with E-state index in [1.807, 2.05) is 31.2 Å². The van der Waals surface area contributed by atoms with Crippen molar-refractivity contribution in [3.63, 3.8) is 0 Å². The van der Waals surface area contributed by atoms with Crippen molar-refractivity contribution in [2.24, 2.45) is 0 Å². The smallest absolute Gasteiger partial charge is 0.274 e. The van der Waals surface area contributed by atoms with Crippen molar-refractivity contribution in [3.8, 4) is 0 Å². The van der Waals surface area contributed by atoms with Crippen LogP contribution >= 0.6 is 0 Å². The summed E-state index contributed by atoms with van der Waals surface area (Å²) in [5.74, 6) is -0.283. The van der Waals surface area contributed by atoms with E-state index in [-0.39, 0.29) is 12.5 Å². The maximum atomic E-state index is 11.9. The summed E-state index contributed by atoms with van der Waals surface area (Å²) in [6.07, 6.45) is 0. The molecule has 0 aliphatic carbocycles. The number of anilines is 1. The lowest BCUT2D eigenvalue weighted by atomic mass is 10.2. The minimum absolute atomic E-state index is 0.175. The number of carbonyl (C=O) groups is 1. The lowest BCUT2D eigenvalue weighted by Gasteiger charge is -2.05. The maximum Gasteiger partial charge on any atom is 0.274 e. The molecule has 0 aliphatic rings. The molecule has 0 bridgehead atoms. The number of benzene rings is 1. The lowest BCUT2D eigenvalue weighted by molar-refractivity contribution is 0.102. The highest BCUT2D eigenvalue weighted by Gasteiger charge is 2.07. The van der Waals surface area contributed by atoms with E-state index >= 15 is 0 Å². The Balaban J connectivity index is 2.14. The molecule has 2 rings (SSSR count). The molecule has 1 heterocycles. The highest BCUT2D eigenvalue weighted by Crippen LogP contribution is 2.10. The molecule has 0 spiro atoms. The van der Waals surface area contributed by atoms with Gasteiger partial charge in [-0.3, -0.25) is 4.79 Å². The standard InChI is InChI=1S/C14H14N2O2/c1-10-5-7-11(8-6-10)16-14(18)13-4-2-3-12(9-17)15-13/h2-8,17H,9H2,1H3,(H,16,18). The first kappa shape index (κ1) is 12.3. The normalized spacial score (nSPS) is 10.1. The van der Waals surface area contributed by atoms with Crippen molar-refractivity contribution in [2.75, 3.05) is 5.32 Å². The molecule has 0 atom stereocenters. The summed E-state index contributed by atoms with van der Waals surface area (Å²) in [4.78, 5) is 16.0. The fourth-order valence-corrected chi connectivity index (χ4v) is 1.53. The highest BCUT2D eigenvalue weighted by molar-refractivity contribution is 6.02. The third-order valence-corrected chi connectivity index (χ3v) is 2.51. The highest BCUT2D eigenvalue weighted by atomic mass is 16.3. The summed E-state index contributed by atoms with van der Waals surface area (Å²) in [5.41, 5.74) is 2.63. The van der Waals surface area contributed by atoms with Crippen LogP contribution in [0.1, 0.15) is 21.7 Å². The first-order chi connectivity index (χ1) is 8.69. The molecule has 0 radical (unpaired) electrons. The molecule has 1 amide bonds. The van der Waals surface area contributed by atoms with Crippen molar-refractivity contribution in [1.82, 2.24) is 4.98 Å². The minimum atomic E-state index is -0.283. The fourth-order valence-electron chi connectivity index (χ4n) is 1.53. The summed E-state index contributed by atoms with van der Waals surface area (Å²) in [6, 6.07) is 12.5. The van der Waals surface area contributed by atoms with E-state index in [0.29, 0.717) is 11.4 Å². The number of amides is 1. The molecule has 0 fully saturated rings. The lowest BCUT2D eigenvalue weighted by Crippen LogP contribution is -2.14. The maximum absolute atomic E-state index is 11.9. The van der Waals surface area contributed by atoms with Gasteiger partial charge in [0.15, 0.2) is 0 Å². The van der Waals surface area contributed by atoms with E-state index in [0.717, 1.165) is 11.3 Å². The number of nitrogens with zero attached hydrogens (tertiary/aromatic N) is 1. The van der Waals surface area contributed by atoms with Crippen LogP contribution in [0.15, 0.2) is 42.5 Å². The van der Waals surface area contributed by atoms with Crippen LogP contribution in [-0.2, 0) is 6.61 Å².